The van der Waals surface area contributed by atoms with Crippen LogP contribution in [0.5, 0.6) is 0 Å². The molecule has 0 atom stereocenters. The van der Waals surface area contributed by atoms with E-state index < -0.39 is 7.51 Å². The molecule has 0 aromatic heterocycles. The van der Waals surface area contributed by atoms with E-state index in [-0.39, 0.29) is 0 Å². The van der Waals surface area contributed by atoms with Crippen LogP contribution in [0.1, 0.15) is 20.8 Å². The van der Waals surface area contributed by atoms with Gasteiger partial charge in [0.2, 0.25) is 0 Å². The van der Waals surface area contributed by atoms with Gasteiger partial charge in [-0.15, -0.1) is 0 Å². The van der Waals surface area contributed by atoms with Gasteiger partial charge in [-0.2, -0.15) is 0 Å². The molecule has 0 saturated heterocycles. The third kappa shape index (κ3) is 2.42. The van der Waals surface area contributed by atoms with Crippen molar-refractivity contribution in [2.24, 2.45) is 5.73 Å². The van der Waals surface area contributed by atoms with Crippen molar-refractivity contribution in [3.05, 3.63) is 12.0 Å². The Hall–Kier alpha value is -0.350. The van der Waals surface area contributed by atoms with E-state index in [1.807, 2.05) is 20.8 Å². The summed E-state index contributed by atoms with van der Waals surface area (Å²) in [6.07, 6.45) is 2.21. The van der Waals surface area contributed by atoms with Gasteiger partial charge in [0.05, 0.1) is 0 Å². The summed E-state index contributed by atoms with van der Waals surface area (Å²) >= 11 is 0. The van der Waals surface area contributed by atoms with E-state index in [0.717, 1.165) is 0 Å². The van der Waals surface area contributed by atoms with E-state index in [0.29, 0.717) is 31.9 Å². The van der Waals surface area contributed by atoms with Gasteiger partial charge in [-0.05, 0) is 0 Å². The van der Waals surface area contributed by atoms with Gasteiger partial charge < -0.3 is 0 Å². The van der Waals surface area contributed by atoms with Crippen molar-refractivity contribution in [2.45, 2.75) is 20.8 Å². The number of hydrogen-bond acceptors (Lipinski definition) is 5. The van der Waals surface area contributed by atoms with E-state index >= 15 is 0 Å². The fourth-order valence-electron chi connectivity index (χ4n) is 1.61. The van der Waals surface area contributed by atoms with Gasteiger partial charge in [0, 0.05) is 0 Å². The average Bonchev–Trinajstić information content (AvgIpc) is 2.46. The molecule has 90 valence electrons. The Bertz CT molecular complexity index is 237. The molecule has 2 N–H and O–H groups in total. The molecule has 0 aromatic carbocycles. The van der Waals surface area contributed by atoms with E-state index in [1.54, 1.807) is 6.08 Å². The molecule has 1 rings (SSSR count). The molecule has 0 spiro atoms. The Morgan fingerprint density at radius 2 is 1.67 bits per heavy atom. The summed E-state index contributed by atoms with van der Waals surface area (Å²) in [5, 5.41) is 0. The number of hydrogen-bond donors (Lipinski definition) is 1. The van der Waals surface area contributed by atoms with Crippen LogP contribution in [0.2, 0.25) is 0 Å². The second-order valence-electron chi connectivity index (χ2n) is 3.10. The third-order valence-electron chi connectivity index (χ3n) is 2.01. The SMILES string of the molecule is CCOP1(OCC)(OCC)CC=C(N)O1. The van der Waals surface area contributed by atoms with E-state index in [1.165, 1.54) is 0 Å². The standard InChI is InChI=1S/C9H20NO4P/c1-4-11-15(12-5-2,13-6-3)8-7-9(10)14-15/h7H,4-6,8,10H2,1-3H3. The summed E-state index contributed by atoms with van der Waals surface area (Å²) in [5.74, 6) is 0.322. The molecule has 0 aliphatic carbocycles. The molecule has 0 fully saturated rings. The first-order valence-corrected chi connectivity index (χ1v) is 7.32. The van der Waals surface area contributed by atoms with Crippen LogP contribution in [0.4, 0.5) is 0 Å². The van der Waals surface area contributed by atoms with Crippen LogP contribution in [-0.2, 0) is 18.1 Å². The number of allylic oxidation sites excluding steroid dienone is 1. The van der Waals surface area contributed by atoms with Gasteiger partial charge in [-0.1, -0.05) is 0 Å². The fourth-order valence-corrected chi connectivity index (χ4v) is 4.84. The quantitative estimate of drug-likeness (QED) is 0.717. The maximum atomic E-state index is 5.66. The Morgan fingerprint density at radius 3 is 1.93 bits per heavy atom. The molecular weight excluding hydrogens is 217 g/mol. The van der Waals surface area contributed by atoms with E-state index in [2.05, 4.69) is 0 Å². The normalized spacial score (nSPS) is 25.0. The maximum absolute atomic E-state index is 5.66. The van der Waals surface area contributed by atoms with Crippen molar-refractivity contribution in [1.82, 2.24) is 0 Å². The summed E-state index contributed by atoms with van der Waals surface area (Å²) in [6.45, 7) is 7.05. The van der Waals surface area contributed by atoms with Crippen LogP contribution in [0.25, 0.3) is 0 Å². The van der Waals surface area contributed by atoms with Crippen molar-refractivity contribution in [1.29, 1.82) is 0 Å². The van der Waals surface area contributed by atoms with Crippen molar-refractivity contribution in [3.63, 3.8) is 0 Å². The molecule has 0 radical (unpaired) electrons. The minimum absolute atomic E-state index is 0.322. The topological polar surface area (TPSA) is 62.9 Å². The summed E-state index contributed by atoms with van der Waals surface area (Å²) in [6, 6.07) is 0. The Morgan fingerprint density at radius 1 is 1.20 bits per heavy atom. The number of nitrogens with two attached hydrogens (primary N) is 1. The van der Waals surface area contributed by atoms with Gasteiger partial charge in [0.15, 0.2) is 0 Å². The van der Waals surface area contributed by atoms with Crippen LogP contribution in [0, 0.1) is 0 Å². The molecule has 1 aliphatic rings. The van der Waals surface area contributed by atoms with Gasteiger partial charge in [0.1, 0.15) is 0 Å². The molecule has 6 heteroatoms. The summed E-state index contributed by atoms with van der Waals surface area (Å²) in [4.78, 5) is 0. The molecule has 15 heavy (non-hydrogen) atoms. The van der Waals surface area contributed by atoms with Crippen LogP contribution in [0.15, 0.2) is 12.0 Å². The zero-order valence-electron chi connectivity index (χ0n) is 9.56. The first-order chi connectivity index (χ1) is 7.10. The second kappa shape index (κ2) is 4.66. The van der Waals surface area contributed by atoms with Gasteiger partial charge in [0.25, 0.3) is 0 Å². The van der Waals surface area contributed by atoms with Gasteiger partial charge in [-0.3, -0.25) is 0 Å². The predicted molar refractivity (Wildman–Crippen MR) is 60.0 cm³/mol. The molecular formula is C9H20NO4P. The van der Waals surface area contributed by atoms with Crippen molar-refractivity contribution in [2.75, 3.05) is 26.0 Å². The summed E-state index contributed by atoms with van der Waals surface area (Å²) < 4.78 is 22.5. The zero-order valence-corrected chi connectivity index (χ0v) is 10.5. The minimum atomic E-state index is -3.44. The van der Waals surface area contributed by atoms with E-state index in [4.69, 9.17) is 23.8 Å². The van der Waals surface area contributed by atoms with Crippen LogP contribution in [-0.4, -0.2) is 26.0 Å². The van der Waals surface area contributed by atoms with Gasteiger partial charge >= 0.3 is 90.1 Å². The molecule has 0 unspecified atom stereocenters. The van der Waals surface area contributed by atoms with Gasteiger partial charge in [-0.25, -0.2) is 0 Å². The third-order valence-corrected chi connectivity index (χ3v) is 5.62. The molecule has 0 aromatic rings. The Labute approximate surface area is 90.8 Å². The van der Waals surface area contributed by atoms with Crippen molar-refractivity contribution in [3.8, 4) is 0 Å². The fraction of sp³-hybridized carbons (Fsp3) is 0.778. The molecule has 0 amide bonds. The first kappa shape index (κ1) is 12.7. The molecule has 0 bridgehead atoms. The molecule has 1 heterocycles. The number of rotatable bonds is 6. The average molecular weight is 237 g/mol. The van der Waals surface area contributed by atoms with Crippen molar-refractivity contribution < 1.29 is 18.1 Å². The molecule has 1 aliphatic heterocycles. The second-order valence-corrected chi connectivity index (χ2v) is 6.35. The van der Waals surface area contributed by atoms with Crippen LogP contribution >= 0.6 is 7.51 Å². The Balaban J connectivity index is 2.91. The van der Waals surface area contributed by atoms with Crippen molar-refractivity contribution >= 4 is 7.51 Å². The van der Waals surface area contributed by atoms with Crippen LogP contribution in [0.3, 0.4) is 0 Å². The zero-order chi connectivity index (χ0) is 11.4. The summed E-state index contributed by atoms with van der Waals surface area (Å²) in [7, 11) is -3.44. The monoisotopic (exact) mass is 237 g/mol. The molecule has 0 saturated carbocycles. The predicted octanol–water partition coefficient (Wildman–Crippen LogP) is 2.14. The summed E-state index contributed by atoms with van der Waals surface area (Å²) in [5.41, 5.74) is 5.62. The first-order valence-electron chi connectivity index (χ1n) is 5.22. The Kier molecular flexibility index (Phi) is 3.95. The molecule has 5 nitrogen and oxygen atoms in total. The van der Waals surface area contributed by atoms with Crippen LogP contribution < -0.4 is 5.73 Å². The van der Waals surface area contributed by atoms with E-state index in [9.17, 15) is 0 Å².